The topological polar surface area (TPSA) is 83.6 Å². The van der Waals surface area contributed by atoms with E-state index in [1.807, 2.05) is 24.3 Å². The van der Waals surface area contributed by atoms with E-state index in [0.29, 0.717) is 27.5 Å². The third-order valence-corrected chi connectivity index (χ3v) is 6.40. The molecule has 1 fully saturated rings. The molecule has 8 heteroatoms. The van der Waals surface area contributed by atoms with Gasteiger partial charge in [0.2, 0.25) is 5.91 Å². The maximum Gasteiger partial charge on any atom is 0.234 e. The molecular weight excluding hydrogens is 418 g/mol. The molecule has 1 saturated carbocycles. The zero-order valence-electron chi connectivity index (χ0n) is 16.2. The van der Waals surface area contributed by atoms with Crippen molar-refractivity contribution in [3.05, 3.63) is 59.1 Å². The second-order valence-electron chi connectivity index (χ2n) is 7.09. The van der Waals surface area contributed by atoms with Gasteiger partial charge >= 0.3 is 0 Å². The van der Waals surface area contributed by atoms with E-state index in [1.165, 1.54) is 24.6 Å². The third-order valence-electron chi connectivity index (χ3n) is 5.12. The summed E-state index contributed by atoms with van der Waals surface area (Å²) in [7, 11) is 0. The fraction of sp³-hybridized carbons (Fsp3) is 0.273. The smallest absolute Gasteiger partial charge is 0.234 e. The third kappa shape index (κ3) is 4.35. The van der Waals surface area contributed by atoms with Gasteiger partial charge in [-0.05, 0) is 37.1 Å². The molecule has 0 spiro atoms. The molecule has 1 amide bonds. The molecule has 152 valence electrons. The summed E-state index contributed by atoms with van der Waals surface area (Å²) in [6.07, 6.45) is 4.45. The highest BCUT2D eigenvalue weighted by Gasteiger charge is 2.26. The molecule has 0 aliphatic heterocycles. The SMILES string of the molecule is N#Cc1ccccc1NC(=O)CSc1nnc(-c2ccccc2Cl)n1C1CCCC1. The van der Waals surface area contributed by atoms with Crippen LogP contribution in [-0.2, 0) is 4.79 Å². The molecule has 3 aromatic rings. The number of hydrogen-bond acceptors (Lipinski definition) is 5. The first-order valence-corrected chi connectivity index (χ1v) is 11.2. The van der Waals surface area contributed by atoms with E-state index in [1.54, 1.807) is 24.3 Å². The van der Waals surface area contributed by atoms with Crippen molar-refractivity contribution < 1.29 is 4.79 Å². The zero-order valence-corrected chi connectivity index (χ0v) is 17.8. The summed E-state index contributed by atoms with van der Waals surface area (Å²) in [5, 5.41) is 22.1. The first-order chi connectivity index (χ1) is 14.7. The number of nitrogens with one attached hydrogen (secondary N) is 1. The van der Waals surface area contributed by atoms with E-state index in [-0.39, 0.29) is 11.7 Å². The monoisotopic (exact) mass is 437 g/mol. The Morgan fingerprint density at radius 1 is 1.17 bits per heavy atom. The van der Waals surface area contributed by atoms with Gasteiger partial charge in [0.05, 0.1) is 22.0 Å². The molecule has 2 aromatic carbocycles. The van der Waals surface area contributed by atoms with E-state index in [2.05, 4.69) is 26.2 Å². The Morgan fingerprint density at radius 3 is 2.67 bits per heavy atom. The number of hydrogen-bond donors (Lipinski definition) is 1. The minimum Gasteiger partial charge on any atom is -0.324 e. The van der Waals surface area contributed by atoms with Crippen LogP contribution in [0.15, 0.2) is 53.7 Å². The highest BCUT2D eigenvalue weighted by Crippen LogP contribution is 2.38. The van der Waals surface area contributed by atoms with Gasteiger partial charge in [-0.15, -0.1) is 10.2 Å². The predicted octanol–water partition coefficient (Wildman–Crippen LogP) is 5.32. The lowest BCUT2D eigenvalue weighted by Crippen LogP contribution is -2.16. The molecule has 0 atom stereocenters. The summed E-state index contributed by atoms with van der Waals surface area (Å²) in [4.78, 5) is 12.5. The number of thioether (sulfide) groups is 1. The van der Waals surface area contributed by atoms with Gasteiger partial charge in [-0.3, -0.25) is 9.36 Å². The van der Waals surface area contributed by atoms with Gasteiger partial charge in [-0.1, -0.05) is 60.5 Å². The van der Waals surface area contributed by atoms with Crippen molar-refractivity contribution in [1.82, 2.24) is 14.8 Å². The van der Waals surface area contributed by atoms with Crippen molar-refractivity contribution in [3.8, 4) is 17.5 Å². The van der Waals surface area contributed by atoms with Crippen molar-refractivity contribution in [1.29, 1.82) is 5.26 Å². The number of halogens is 1. The lowest BCUT2D eigenvalue weighted by atomic mass is 10.2. The fourth-order valence-corrected chi connectivity index (χ4v) is 4.73. The first-order valence-electron chi connectivity index (χ1n) is 9.79. The largest absolute Gasteiger partial charge is 0.324 e. The minimum absolute atomic E-state index is 0.174. The number of rotatable bonds is 6. The van der Waals surface area contributed by atoms with Crippen LogP contribution in [0, 0.1) is 11.3 Å². The van der Waals surface area contributed by atoms with Crippen LogP contribution < -0.4 is 5.32 Å². The van der Waals surface area contributed by atoms with Crippen LogP contribution in [-0.4, -0.2) is 26.4 Å². The fourth-order valence-electron chi connectivity index (χ4n) is 3.70. The molecule has 1 aliphatic carbocycles. The maximum absolute atomic E-state index is 12.5. The van der Waals surface area contributed by atoms with Gasteiger partial charge in [0, 0.05) is 11.6 Å². The number of nitriles is 1. The average Bonchev–Trinajstić information content (AvgIpc) is 3.42. The van der Waals surface area contributed by atoms with Crippen LogP contribution in [0.1, 0.15) is 37.3 Å². The van der Waals surface area contributed by atoms with Crippen LogP contribution in [0.2, 0.25) is 5.02 Å². The number of para-hydroxylation sites is 1. The van der Waals surface area contributed by atoms with Crippen LogP contribution in [0.4, 0.5) is 5.69 Å². The summed E-state index contributed by atoms with van der Waals surface area (Å²) < 4.78 is 2.13. The molecule has 0 bridgehead atoms. The quantitative estimate of drug-likeness (QED) is 0.528. The Bertz CT molecular complexity index is 1100. The predicted molar refractivity (Wildman–Crippen MR) is 118 cm³/mol. The molecule has 0 radical (unpaired) electrons. The van der Waals surface area contributed by atoms with Crippen molar-refractivity contribution in [2.45, 2.75) is 36.9 Å². The second kappa shape index (κ2) is 9.33. The molecular formula is C22H20ClN5OS. The molecule has 0 unspecified atom stereocenters. The summed E-state index contributed by atoms with van der Waals surface area (Å²) in [6, 6.07) is 16.9. The van der Waals surface area contributed by atoms with E-state index in [9.17, 15) is 10.1 Å². The standard InChI is InChI=1S/C22H20ClN5OS/c23-18-11-5-4-10-17(18)21-26-27-22(28(21)16-8-2-3-9-16)30-14-20(29)25-19-12-6-1-7-15(19)13-24/h1,4-7,10-12,16H,2-3,8-9,14H2,(H,25,29). The maximum atomic E-state index is 12.5. The Hall–Kier alpha value is -2.82. The van der Waals surface area contributed by atoms with Crippen LogP contribution >= 0.6 is 23.4 Å². The van der Waals surface area contributed by atoms with E-state index >= 15 is 0 Å². The van der Waals surface area contributed by atoms with Gasteiger partial charge in [-0.25, -0.2) is 0 Å². The molecule has 1 aromatic heterocycles. The summed E-state index contributed by atoms with van der Waals surface area (Å²) >= 11 is 7.76. The van der Waals surface area contributed by atoms with Gasteiger partial charge in [0.25, 0.3) is 0 Å². The number of aromatic nitrogens is 3. The highest BCUT2D eigenvalue weighted by molar-refractivity contribution is 7.99. The normalized spacial score (nSPS) is 13.9. The van der Waals surface area contributed by atoms with Crippen molar-refractivity contribution >= 4 is 35.0 Å². The Labute approximate surface area is 184 Å². The molecule has 0 saturated heterocycles. The molecule has 1 heterocycles. The Kier molecular flexibility index (Phi) is 6.36. The number of nitrogens with zero attached hydrogens (tertiary/aromatic N) is 4. The van der Waals surface area contributed by atoms with Crippen LogP contribution in [0.5, 0.6) is 0 Å². The molecule has 6 nitrogen and oxygen atoms in total. The lowest BCUT2D eigenvalue weighted by Gasteiger charge is -2.17. The van der Waals surface area contributed by atoms with Gasteiger partial charge in [-0.2, -0.15) is 5.26 Å². The van der Waals surface area contributed by atoms with E-state index in [4.69, 9.17) is 11.6 Å². The van der Waals surface area contributed by atoms with Crippen molar-refractivity contribution in [2.75, 3.05) is 11.1 Å². The minimum atomic E-state index is -0.192. The zero-order chi connectivity index (χ0) is 20.9. The van der Waals surface area contributed by atoms with Crippen LogP contribution in [0.3, 0.4) is 0 Å². The summed E-state index contributed by atoms with van der Waals surface area (Å²) in [5.41, 5.74) is 1.79. The Balaban J connectivity index is 1.55. The van der Waals surface area contributed by atoms with Crippen LogP contribution in [0.25, 0.3) is 11.4 Å². The lowest BCUT2D eigenvalue weighted by molar-refractivity contribution is -0.113. The molecule has 1 N–H and O–H groups in total. The molecule has 30 heavy (non-hydrogen) atoms. The summed E-state index contributed by atoms with van der Waals surface area (Å²) in [5.74, 6) is 0.723. The van der Waals surface area contributed by atoms with Crippen molar-refractivity contribution in [3.63, 3.8) is 0 Å². The summed E-state index contributed by atoms with van der Waals surface area (Å²) in [6.45, 7) is 0. The van der Waals surface area contributed by atoms with Gasteiger partial charge in [0.15, 0.2) is 11.0 Å². The molecule has 4 rings (SSSR count). The van der Waals surface area contributed by atoms with Crippen molar-refractivity contribution in [2.24, 2.45) is 0 Å². The average molecular weight is 438 g/mol. The number of carbonyl (C=O) groups excluding carboxylic acids is 1. The first kappa shape index (κ1) is 20.5. The number of amides is 1. The van der Waals surface area contributed by atoms with E-state index in [0.717, 1.165) is 24.2 Å². The Morgan fingerprint density at radius 2 is 1.90 bits per heavy atom. The second-order valence-corrected chi connectivity index (χ2v) is 8.44. The molecule has 1 aliphatic rings. The van der Waals surface area contributed by atoms with Gasteiger partial charge in [0.1, 0.15) is 6.07 Å². The number of benzene rings is 2. The highest BCUT2D eigenvalue weighted by atomic mass is 35.5. The van der Waals surface area contributed by atoms with E-state index < -0.39 is 0 Å². The van der Waals surface area contributed by atoms with Gasteiger partial charge < -0.3 is 5.32 Å². The number of anilines is 1. The number of carbonyl (C=O) groups is 1.